The molecule has 94 valence electrons. The molecule has 5 heteroatoms. The van der Waals surface area contributed by atoms with Gasteiger partial charge in [0.25, 0.3) is 0 Å². The van der Waals surface area contributed by atoms with Gasteiger partial charge in [0, 0.05) is 12.1 Å². The van der Waals surface area contributed by atoms with Crippen LogP contribution in [0.3, 0.4) is 0 Å². The maximum atomic E-state index is 13.5. The molecule has 0 bridgehead atoms. The van der Waals surface area contributed by atoms with Gasteiger partial charge in [0.15, 0.2) is 0 Å². The van der Waals surface area contributed by atoms with Gasteiger partial charge in [0.1, 0.15) is 11.6 Å². The molecule has 1 aromatic heterocycles. The van der Waals surface area contributed by atoms with E-state index < -0.39 is 0 Å². The van der Waals surface area contributed by atoms with Gasteiger partial charge in [-0.1, -0.05) is 12.1 Å². The molecule has 2 aromatic rings. The van der Waals surface area contributed by atoms with Crippen molar-refractivity contribution in [3.63, 3.8) is 0 Å². The van der Waals surface area contributed by atoms with E-state index in [9.17, 15) is 4.39 Å². The van der Waals surface area contributed by atoms with Gasteiger partial charge in [-0.25, -0.2) is 4.39 Å². The lowest BCUT2D eigenvalue weighted by molar-refractivity contribution is 0.630. The molecule has 0 atom stereocenters. The van der Waals surface area contributed by atoms with Crippen molar-refractivity contribution in [1.29, 1.82) is 0 Å². The van der Waals surface area contributed by atoms with Crippen LogP contribution >= 0.6 is 0 Å². The quantitative estimate of drug-likeness (QED) is 0.792. The minimum Gasteiger partial charge on any atom is -0.369 e. The highest BCUT2D eigenvalue weighted by molar-refractivity contribution is 5.60. The molecule has 2 rings (SSSR count). The molecule has 0 unspecified atom stereocenters. The Bertz CT molecular complexity index is 499. The predicted octanol–water partition coefficient (Wildman–Crippen LogP) is 2.04. The molecule has 0 aliphatic rings. The number of nitrogens with zero attached hydrogens (tertiary/aromatic N) is 2. The monoisotopic (exact) mass is 246 g/mol. The summed E-state index contributed by atoms with van der Waals surface area (Å²) >= 11 is 0. The minimum atomic E-state index is -0.296. The first kappa shape index (κ1) is 12.4. The van der Waals surface area contributed by atoms with Crippen molar-refractivity contribution in [2.24, 2.45) is 5.73 Å². The van der Waals surface area contributed by atoms with E-state index in [0.717, 1.165) is 13.0 Å². The summed E-state index contributed by atoms with van der Waals surface area (Å²) in [6.07, 6.45) is 0.872. The topological polar surface area (TPSA) is 63.8 Å². The van der Waals surface area contributed by atoms with Crippen LogP contribution in [0.15, 0.2) is 36.4 Å². The van der Waals surface area contributed by atoms with Gasteiger partial charge in [-0.15, -0.1) is 10.2 Å². The molecule has 1 heterocycles. The van der Waals surface area contributed by atoms with E-state index in [-0.39, 0.29) is 5.82 Å². The van der Waals surface area contributed by atoms with Crippen LogP contribution in [0.25, 0.3) is 11.3 Å². The van der Waals surface area contributed by atoms with Crippen molar-refractivity contribution in [2.75, 3.05) is 18.4 Å². The molecule has 0 fully saturated rings. The molecule has 3 N–H and O–H groups in total. The molecule has 0 aliphatic carbocycles. The molecule has 4 nitrogen and oxygen atoms in total. The second kappa shape index (κ2) is 6.07. The molecule has 0 spiro atoms. The zero-order valence-corrected chi connectivity index (χ0v) is 9.94. The van der Waals surface area contributed by atoms with Crippen molar-refractivity contribution in [3.05, 3.63) is 42.2 Å². The summed E-state index contributed by atoms with van der Waals surface area (Å²) in [5.74, 6) is 0.374. The smallest absolute Gasteiger partial charge is 0.148 e. The van der Waals surface area contributed by atoms with Gasteiger partial charge in [0.2, 0.25) is 0 Å². The maximum Gasteiger partial charge on any atom is 0.148 e. The van der Waals surface area contributed by atoms with Gasteiger partial charge >= 0.3 is 0 Å². The molecular formula is C13H15FN4. The Labute approximate surface area is 105 Å². The van der Waals surface area contributed by atoms with E-state index in [4.69, 9.17) is 5.73 Å². The molecule has 0 saturated carbocycles. The Hall–Kier alpha value is -2.01. The minimum absolute atomic E-state index is 0.296. The van der Waals surface area contributed by atoms with Crippen LogP contribution in [0.1, 0.15) is 6.42 Å². The third-order valence-electron chi connectivity index (χ3n) is 2.50. The molecule has 18 heavy (non-hydrogen) atoms. The third-order valence-corrected chi connectivity index (χ3v) is 2.50. The summed E-state index contributed by atoms with van der Waals surface area (Å²) in [6, 6.07) is 10.0. The Balaban J connectivity index is 2.10. The SMILES string of the molecule is NCCCNc1ccc(-c2ccccc2F)nn1. The van der Waals surface area contributed by atoms with Crippen molar-refractivity contribution in [3.8, 4) is 11.3 Å². The Morgan fingerprint density at radius 1 is 1.11 bits per heavy atom. The number of halogens is 1. The molecule has 0 saturated heterocycles. The first-order valence-electron chi connectivity index (χ1n) is 5.84. The van der Waals surface area contributed by atoms with E-state index >= 15 is 0 Å². The fraction of sp³-hybridized carbons (Fsp3) is 0.231. The number of nitrogens with one attached hydrogen (secondary N) is 1. The van der Waals surface area contributed by atoms with Crippen LogP contribution in [-0.4, -0.2) is 23.3 Å². The summed E-state index contributed by atoms with van der Waals surface area (Å²) in [5.41, 5.74) is 6.37. The highest BCUT2D eigenvalue weighted by Gasteiger charge is 2.05. The zero-order chi connectivity index (χ0) is 12.8. The Morgan fingerprint density at radius 2 is 1.94 bits per heavy atom. The number of anilines is 1. The largest absolute Gasteiger partial charge is 0.369 e. The highest BCUT2D eigenvalue weighted by atomic mass is 19.1. The van der Waals surface area contributed by atoms with Gasteiger partial charge in [-0.05, 0) is 37.2 Å². The Kier molecular flexibility index (Phi) is 4.20. The normalized spacial score (nSPS) is 10.3. The van der Waals surface area contributed by atoms with Crippen molar-refractivity contribution in [1.82, 2.24) is 10.2 Å². The average Bonchev–Trinajstić information content (AvgIpc) is 2.41. The summed E-state index contributed by atoms with van der Waals surface area (Å²) in [6.45, 7) is 1.39. The van der Waals surface area contributed by atoms with E-state index in [1.54, 1.807) is 30.3 Å². The highest BCUT2D eigenvalue weighted by Crippen LogP contribution is 2.20. The van der Waals surface area contributed by atoms with Crippen molar-refractivity contribution < 1.29 is 4.39 Å². The second-order valence-electron chi connectivity index (χ2n) is 3.85. The molecule has 0 aliphatic heterocycles. The summed E-state index contributed by atoms with van der Waals surface area (Å²) in [4.78, 5) is 0. The van der Waals surface area contributed by atoms with Gasteiger partial charge < -0.3 is 11.1 Å². The fourth-order valence-electron chi connectivity index (χ4n) is 1.56. The van der Waals surface area contributed by atoms with E-state index in [2.05, 4.69) is 15.5 Å². The van der Waals surface area contributed by atoms with Crippen LogP contribution in [0.5, 0.6) is 0 Å². The van der Waals surface area contributed by atoms with Crippen LogP contribution in [0, 0.1) is 5.82 Å². The first-order valence-corrected chi connectivity index (χ1v) is 5.84. The standard InChI is InChI=1S/C13H15FN4/c14-11-5-2-1-4-10(11)12-6-7-13(18-17-12)16-9-3-8-15/h1-2,4-7H,3,8-9,15H2,(H,16,18). The number of hydrogen-bond donors (Lipinski definition) is 2. The van der Waals surface area contributed by atoms with Crippen molar-refractivity contribution >= 4 is 5.82 Å². The number of benzene rings is 1. The van der Waals surface area contributed by atoms with Gasteiger partial charge in [0.05, 0.1) is 5.69 Å². The molecule has 0 amide bonds. The number of nitrogens with two attached hydrogens (primary N) is 1. The average molecular weight is 246 g/mol. The number of aromatic nitrogens is 2. The van der Waals surface area contributed by atoms with Crippen LogP contribution in [0.2, 0.25) is 0 Å². The summed E-state index contributed by atoms with van der Waals surface area (Å²) in [5, 5.41) is 11.1. The van der Waals surface area contributed by atoms with Crippen LogP contribution < -0.4 is 11.1 Å². The third kappa shape index (κ3) is 3.01. The second-order valence-corrected chi connectivity index (χ2v) is 3.85. The lowest BCUT2D eigenvalue weighted by Crippen LogP contribution is -2.09. The summed E-state index contributed by atoms with van der Waals surface area (Å²) < 4.78 is 13.5. The van der Waals surface area contributed by atoms with Gasteiger partial charge in [-0.2, -0.15) is 0 Å². The number of hydrogen-bond acceptors (Lipinski definition) is 4. The Morgan fingerprint density at radius 3 is 2.61 bits per heavy atom. The van der Waals surface area contributed by atoms with E-state index in [1.165, 1.54) is 6.07 Å². The van der Waals surface area contributed by atoms with Crippen LogP contribution in [0.4, 0.5) is 10.2 Å². The fourth-order valence-corrected chi connectivity index (χ4v) is 1.56. The zero-order valence-electron chi connectivity index (χ0n) is 9.94. The molecule has 1 aromatic carbocycles. The molecular weight excluding hydrogens is 231 g/mol. The first-order chi connectivity index (χ1) is 8.81. The van der Waals surface area contributed by atoms with E-state index in [1.807, 2.05) is 0 Å². The lowest BCUT2D eigenvalue weighted by atomic mass is 10.1. The molecule has 0 radical (unpaired) electrons. The lowest BCUT2D eigenvalue weighted by Gasteiger charge is -2.05. The summed E-state index contributed by atoms with van der Waals surface area (Å²) in [7, 11) is 0. The van der Waals surface area contributed by atoms with Gasteiger partial charge in [-0.3, -0.25) is 0 Å². The number of rotatable bonds is 5. The predicted molar refractivity (Wildman–Crippen MR) is 69.6 cm³/mol. The van der Waals surface area contributed by atoms with Crippen LogP contribution in [-0.2, 0) is 0 Å². The van der Waals surface area contributed by atoms with Crippen molar-refractivity contribution in [2.45, 2.75) is 6.42 Å². The van der Waals surface area contributed by atoms with E-state index in [0.29, 0.717) is 23.6 Å². The maximum absolute atomic E-state index is 13.5.